The number of carbonyl (C=O) groups is 2. The first kappa shape index (κ1) is 18.5. The third-order valence-electron chi connectivity index (χ3n) is 6.73. The average Bonchev–Trinajstić information content (AvgIpc) is 3.45. The van der Waals surface area contributed by atoms with Gasteiger partial charge in [-0.15, -0.1) is 0 Å². The van der Waals surface area contributed by atoms with Crippen molar-refractivity contribution in [2.45, 2.75) is 57.0 Å². The van der Waals surface area contributed by atoms with Crippen molar-refractivity contribution in [1.29, 1.82) is 0 Å². The van der Waals surface area contributed by atoms with Gasteiger partial charge in [0, 0.05) is 25.0 Å². The summed E-state index contributed by atoms with van der Waals surface area (Å²) in [6.07, 6.45) is 8.58. The van der Waals surface area contributed by atoms with Gasteiger partial charge in [-0.25, -0.2) is 0 Å². The van der Waals surface area contributed by atoms with E-state index < -0.39 is 0 Å². The van der Waals surface area contributed by atoms with Gasteiger partial charge in [-0.3, -0.25) is 9.59 Å². The lowest BCUT2D eigenvalue weighted by Crippen LogP contribution is -2.46. The minimum atomic E-state index is -0.0684. The van der Waals surface area contributed by atoms with Gasteiger partial charge >= 0.3 is 0 Å². The number of hydrogen-bond donors (Lipinski definition) is 0. The molecule has 29 heavy (non-hydrogen) atoms. The fourth-order valence-electron chi connectivity index (χ4n) is 5.05. The Bertz CT molecular complexity index is 879. The molecule has 152 valence electrons. The summed E-state index contributed by atoms with van der Waals surface area (Å²) >= 11 is 0. The number of benzene rings is 1. The quantitative estimate of drug-likeness (QED) is 0.784. The molecule has 2 aromatic rings. The van der Waals surface area contributed by atoms with E-state index in [0.29, 0.717) is 30.8 Å². The number of aryl methyl sites for hydroxylation is 1. The van der Waals surface area contributed by atoms with E-state index in [-0.39, 0.29) is 17.9 Å². The van der Waals surface area contributed by atoms with Crippen LogP contribution in [0.25, 0.3) is 0 Å². The van der Waals surface area contributed by atoms with Crippen molar-refractivity contribution in [3.8, 4) is 0 Å². The lowest BCUT2D eigenvalue weighted by atomic mass is 9.85. The van der Waals surface area contributed by atoms with Crippen molar-refractivity contribution < 1.29 is 14.0 Å². The second-order valence-corrected chi connectivity index (χ2v) is 8.63. The van der Waals surface area contributed by atoms with Crippen LogP contribution >= 0.6 is 0 Å². The van der Waals surface area contributed by atoms with E-state index in [1.165, 1.54) is 17.4 Å². The van der Waals surface area contributed by atoms with Gasteiger partial charge in [0.15, 0.2) is 5.76 Å². The Hall–Kier alpha value is -2.56. The average molecular weight is 392 g/mol. The summed E-state index contributed by atoms with van der Waals surface area (Å²) in [6, 6.07) is 12.7. The van der Waals surface area contributed by atoms with Crippen molar-refractivity contribution in [3.05, 3.63) is 59.5 Å². The Morgan fingerprint density at radius 2 is 1.76 bits per heavy atom. The SMILES string of the molecule is O=C(c1ccco1)N1CCC(C(=O)N(C2CC2)C2CCCc3ccccc32)CC1. The third-order valence-corrected chi connectivity index (χ3v) is 6.73. The molecular weight excluding hydrogens is 364 g/mol. The molecule has 5 nitrogen and oxygen atoms in total. The van der Waals surface area contributed by atoms with Crippen LogP contribution in [0.4, 0.5) is 0 Å². The first-order valence-corrected chi connectivity index (χ1v) is 10.9. The van der Waals surface area contributed by atoms with Gasteiger partial charge in [0.2, 0.25) is 5.91 Å². The molecule has 0 spiro atoms. The molecule has 2 amide bonds. The van der Waals surface area contributed by atoms with E-state index in [0.717, 1.165) is 44.9 Å². The van der Waals surface area contributed by atoms with Gasteiger partial charge in [0.05, 0.1) is 12.3 Å². The maximum atomic E-state index is 13.6. The van der Waals surface area contributed by atoms with Crippen LogP contribution in [0.2, 0.25) is 0 Å². The van der Waals surface area contributed by atoms with E-state index in [1.54, 1.807) is 12.1 Å². The van der Waals surface area contributed by atoms with E-state index >= 15 is 0 Å². The highest BCUT2D eigenvalue weighted by Crippen LogP contribution is 2.42. The first-order chi connectivity index (χ1) is 14.2. The van der Waals surface area contributed by atoms with Crippen LogP contribution in [0.3, 0.4) is 0 Å². The number of amides is 2. The predicted octanol–water partition coefficient (Wildman–Crippen LogP) is 4.20. The fourth-order valence-corrected chi connectivity index (χ4v) is 5.05. The van der Waals surface area contributed by atoms with Gasteiger partial charge in [-0.05, 0) is 68.2 Å². The van der Waals surface area contributed by atoms with E-state index in [2.05, 4.69) is 29.2 Å². The molecule has 0 bridgehead atoms. The summed E-state index contributed by atoms with van der Waals surface area (Å²) in [5.41, 5.74) is 2.76. The van der Waals surface area contributed by atoms with Crippen LogP contribution in [0, 0.1) is 5.92 Å². The summed E-state index contributed by atoms with van der Waals surface area (Å²) in [4.78, 5) is 30.2. The summed E-state index contributed by atoms with van der Waals surface area (Å²) in [6.45, 7) is 1.24. The number of fused-ring (bicyclic) bond motifs is 1. The summed E-state index contributed by atoms with van der Waals surface area (Å²) in [5.74, 6) is 0.638. The number of rotatable bonds is 4. The van der Waals surface area contributed by atoms with Gasteiger partial charge < -0.3 is 14.2 Å². The molecule has 1 aromatic heterocycles. The molecule has 1 aliphatic heterocycles. The molecule has 1 unspecified atom stereocenters. The van der Waals surface area contributed by atoms with Crippen molar-refractivity contribution in [1.82, 2.24) is 9.80 Å². The van der Waals surface area contributed by atoms with Gasteiger partial charge in [-0.2, -0.15) is 0 Å². The third kappa shape index (κ3) is 3.59. The smallest absolute Gasteiger partial charge is 0.289 e. The molecule has 5 rings (SSSR count). The molecule has 0 radical (unpaired) electrons. The summed E-state index contributed by atoms with van der Waals surface area (Å²) in [5, 5.41) is 0. The molecule has 1 saturated heterocycles. The van der Waals surface area contributed by atoms with Crippen LogP contribution in [-0.4, -0.2) is 40.7 Å². The first-order valence-electron chi connectivity index (χ1n) is 10.9. The lowest BCUT2D eigenvalue weighted by Gasteiger charge is -2.40. The molecule has 0 N–H and O–H groups in total. The highest BCUT2D eigenvalue weighted by atomic mass is 16.3. The Kier molecular flexibility index (Phi) is 4.90. The normalized spacial score (nSPS) is 22.2. The zero-order chi connectivity index (χ0) is 19.8. The molecule has 1 saturated carbocycles. The molecular formula is C24H28N2O3. The second kappa shape index (κ2) is 7.69. The van der Waals surface area contributed by atoms with E-state index in [1.807, 2.05) is 4.90 Å². The topological polar surface area (TPSA) is 53.8 Å². The highest BCUT2D eigenvalue weighted by Gasteiger charge is 2.42. The van der Waals surface area contributed by atoms with Crippen LogP contribution in [-0.2, 0) is 11.2 Å². The Labute approximate surface area is 171 Å². The van der Waals surface area contributed by atoms with Crippen LogP contribution in [0.1, 0.15) is 66.2 Å². The zero-order valence-electron chi connectivity index (χ0n) is 16.8. The molecule has 5 heteroatoms. The lowest BCUT2D eigenvalue weighted by molar-refractivity contribution is -0.140. The van der Waals surface area contributed by atoms with Gasteiger partial charge in [-0.1, -0.05) is 24.3 Å². The van der Waals surface area contributed by atoms with Crippen molar-refractivity contribution in [3.63, 3.8) is 0 Å². The number of nitrogens with zero attached hydrogens (tertiary/aromatic N) is 2. The summed E-state index contributed by atoms with van der Waals surface area (Å²) in [7, 11) is 0. The number of likely N-dealkylation sites (tertiary alicyclic amines) is 1. The second-order valence-electron chi connectivity index (χ2n) is 8.63. The maximum absolute atomic E-state index is 13.6. The minimum absolute atomic E-state index is 0.0188. The monoisotopic (exact) mass is 392 g/mol. The number of furan rings is 1. The number of piperidine rings is 1. The molecule has 2 fully saturated rings. The van der Waals surface area contributed by atoms with Gasteiger partial charge in [0.25, 0.3) is 5.91 Å². The van der Waals surface area contributed by atoms with Crippen LogP contribution in [0.15, 0.2) is 47.1 Å². The Balaban J connectivity index is 1.29. The van der Waals surface area contributed by atoms with Crippen LogP contribution < -0.4 is 0 Å². The Morgan fingerprint density at radius 3 is 2.48 bits per heavy atom. The van der Waals surface area contributed by atoms with Crippen molar-refractivity contribution in [2.75, 3.05) is 13.1 Å². The molecule has 2 aliphatic carbocycles. The van der Waals surface area contributed by atoms with Crippen molar-refractivity contribution >= 4 is 11.8 Å². The fraction of sp³-hybridized carbons (Fsp3) is 0.500. The summed E-state index contributed by atoms with van der Waals surface area (Å²) < 4.78 is 5.25. The Morgan fingerprint density at radius 1 is 0.966 bits per heavy atom. The van der Waals surface area contributed by atoms with Crippen molar-refractivity contribution in [2.24, 2.45) is 5.92 Å². The predicted molar refractivity (Wildman–Crippen MR) is 109 cm³/mol. The zero-order valence-corrected chi connectivity index (χ0v) is 16.8. The van der Waals surface area contributed by atoms with E-state index in [9.17, 15) is 9.59 Å². The number of hydrogen-bond acceptors (Lipinski definition) is 3. The molecule has 1 atom stereocenters. The molecule has 2 heterocycles. The van der Waals surface area contributed by atoms with Crippen LogP contribution in [0.5, 0.6) is 0 Å². The number of carbonyl (C=O) groups excluding carboxylic acids is 2. The standard InChI is InChI=1S/C24H28N2O3/c27-23(18-12-14-25(15-13-18)24(28)22-9-4-16-29-22)26(19-10-11-19)21-8-3-6-17-5-1-2-7-20(17)21/h1-2,4-5,7,9,16,18-19,21H,3,6,8,10-15H2. The highest BCUT2D eigenvalue weighted by molar-refractivity contribution is 5.91. The molecule has 1 aromatic carbocycles. The largest absolute Gasteiger partial charge is 0.459 e. The minimum Gasteiger partial charge on any atom is -0.459 e. The maximum Gasteiger partial charge on any atom is 0.289 e. The molecule has 3 aliphatic rings. The van der Waals surface area contributed by atoms with E-state index in [4.69, 9.17) is 4.42 Å². The van der Waals surface area contributed by atoms with Gasteiger partial charge in [0.1, 0.15) is 0 Å².